The number of hydrogen-bond donors (Lipinski definition) is 10. The van der Waals surface area contributed by atoms with Crippen LogP contribution in [0.4, 0.5) is 0 Å². The zero-order valence-electron chi connectivity index (χ0n) is 21.1. The maximum atomic E-state index is 7.90. The highest BCUT2D eigenvalue weighted by atomic mass is 15.2. The summed E-state index contributed by atoms with van der Waals surface area (Å²) in [7, 11) is 0. The topological polar surface area (TPSA) is 168 Å². The third kappa shape index (κ3) is 19.0. The Hall–Kier alpha value is -2.52. The molecule has 1 saturated heterocycles. The van der Waals surface area contributed by atoms with Gasteiger partial charge in [0.15, 0.2) is 23.8 Å². The van der Waals surface area contributed by atoms with Crippen LogP contribution in [0, 0.1) is 21.6 Å². The summed E-state index contributed by atoms with van der Waals surface area (Å²) in [6, 6.07) is 0. The predicted molar refractivity (Wildman–Crippen MR) is 143 cm³/mol. The molecule has 1 heterocycles. The molecule has 0 spiro atoms. The van der Waals surface area contributed by atoms with Crippen LogP contribution in [-0.4, -0.2) is 50.0 Å². The molecule has 1 aliphatic rings. The van der Waals surface area contributed by atoms with Crippen molar-refractivity contribution in [2.45, 2.75) is 103 Å². The second kappa shape index (κ2) is 21.0. The van der Waals surface area contributed by atoms with Crippen molar-refractivity contribution in [3.63, 3.8) is 0 Å². The molecular weight excluding hydrogens is 428 g/mol. The summed E-state index contributed by atoms with van der Waals surface area (Å²) in [6.07, 6.45) is 18.5. The van der Waals surface area contributed by atoms with Crippen molar-refractivity contribution in [3.8, 4) is 0 Å². The zero-order chi connectivity index (χ0) is 24.7. The summed E-state index contributed by atoms with van der Waals surface area (Å²) in [4.78, 5) is 0. The van der Waals surface area contributed by atoms with E-state index in [2.05, 4.69) is 31.9 Å². The molecule has 1 aliphatic heterocycles. The summed E-state index contributed by atoms with van der Waals surface area (Å²) in [5.41, 5.74) is 0. The monoisotopic (exact) mass is 478 g/mol. The fraction of sp³-hybridized carbons (Fsp3) is 0.833. The first-order valence-electron chi connectivity index (χ1n) is 13.4. The van der Waals surface area contributed by atoms with Crippen molar-refractivity contribution >= 4 is 23.8 Å². The molecule has 0 radical (unpaired) electrons. The van der Waals surface area contributed by atoms with Gasteiger partial charge in [-0.05, 0) is 25.7 Å². The van der Waals surface area contributed by atoms with Gasteiger partial charge in [0.05, 0.1) is 0 Å². The van der Waals surface area contributed by atoms with E-state index < -0.39 is 0 Å². The summed E-state index contributed by atoms with van der Waals surface area (Å²) in [6.45, 7) is 3.05. The van der Waals surface area contributed by atoms with Crippen molar-refractivity contribution in [2.75, 3.05) is 26.2 Å². The highest BCUT2D eigenvalue weighted by molar-refractivity contribution is 5.96. The van der Waals surface area contributed by atoms with Gasteiger partial charge >= 0.3 is 0 Å². The van der Waals surface area contributed by atoms with Crippen LogP contribution in [0.15, 0.2) is 0 Å². The number of hydrogen-bond acceptors (Lipinski definition) is 4. The van der Waals surface area contributed by atoms with Crippen LogP contribution in [-0.2, 0) is 0 Å². The summed E-state index contributed by atoms with van der Waals surface area (Å²) in [5.74, 6) is 0.782. The van der Waals surface area contributed by atoms with Crippen LogP contribution in [0.2, 0.25) is 0 Å². The molecule has 34 heavy (non-hydrogen) atoms. The largest absolute Gasteiger partial charge is 0.356 e. The van der Waals surface area contributed by atoms with Gasteiger partial charge in [0, 0.05) is 26.2 Å². The Bertz CT molecular complexity index is 480. The van der Waals surface area contributed by atoms with E-state index in [-0.39, 0.29) is 23.8 Å². The molecule has 0 unspecified atom stereocenters. The molecule has 10 N–H and O–H groups in total. The van der Waals surface area contributed by atoms with Gasteiger partial charge in [-0.15, -0.1) is 0 Å². The van der Waals surface area contributed by atoms with E-state index in [0.717, 1.165) is 77.5 Å². The first kappa shape index (κ1) is 29.5. The van der Waals surface area contributed by atoms with E-state index in [1.165, 1.54) is 51.4 Å². The Labute approximate surface area is 206 Å². The lowest BCUT2D eigenvalue weighted by Gasteiger charge is -2.13. The molecule has 0 bridgehead atoms. The van der Waals surface area contributed by atoms with Gasteiger partial charge in [-0.25, -0.2) is 0 Å². The van der Waals surface area contributed by atoms with Gasteiger partial charge in [-0.1, -0.05) is 77.0 Å². The molecule has 1 rings (SSSR count). The fourth-order valence-electron chi connectivity index (χ4n) is 3.90. The van der Waals surface area contributed by atoms with Crippen LogP contribution >= 0.6 is 0 Å². The van der Waals surface area contributed by atoms with E-state index in [4.69, 9.17) is 21.6 Å². The Morgan fingerprint density at radius 1 is 0.294 bits per heavy atom. The predicted octanol–water partition coefficient (Wildman–Crippen LogP) is 3.52. The van der Waals surface area contributed by atoms with Crippen LogP contribution in [0.5, 0.6) is 0 Å². The SMILES string of the molecule is N=C1NCCCCCCCCCCNC(=N)NC(=N)NCCCCCCCCCCNC(=N)N1. The van der Waals surface area contributed by atoms with E-state index >= 15 is 0 Å². The fourth-order valence-corrected chi connectivity index (χ4v) is 3.90. The standard InChI is InChI=1S/C24H50N10/c25-21-29-17-13-9-5-1-2-6-10-14-18-30-22(26)34-24(28)32-20-16-12-8-4-3-7-11-15-19-31-23(27)33-21/h1-20H2,(H5,25,27,29,31,33)(H5,26,28,30,32,34). The van der Waals surface area contributed by atoms with E-state index in [1.54, 1.807) is 0 Å². The van der Waals surface area contributed by atoms with Crippen LogP contribution in [0.1, 0.15) is 103 Å². The Morgan fingerprint density at radius 3 is 0.676 bits per heavy atom. The van der Waals surface area contributed by atoms with Gasteiger partial charge in [0.25, 0.3) is 0 Å². The minimum Gasteiger partial charge on any atom is -0.356 e. The molecule has 1 fully saturated rings. The van der Waals surface area contributed by atoms with Crippen LogP contribution in [0.25, 0.3) is 0 Å². The Balaban J connectivity index is 2.24. The average molecular weight is 479 g/mol. The van der Waals surface area contributed by atoms with Crippen molar-refractivity contribution in [1.82, 2.24) is 31.9 Å². The molecule has 196 valence electrons. The molecule has 10 heteroatoms. The maximum Gasteiger partial charge on any atom is 0.195 e. The highest BCUT2D eigenvalue weighted by Gasteiger charge is 2.02. The lowest BCUT2D eigenvalue weighted by Crippen LogP contribution is -2.46. The van der Waals surface area contributed by atoms with E-state index in [0.29, 0.717) is 0 Å². The Morgan fingerprint density at radius 2 is 0.471 bits per heavy atom. The van der Waals surface area contributed by atoms with Crippen molar-refractivity contribution in [2.24, 2.45) is 0 Å². The van der Waals surface area contributed by atoms with Crippen molar-refractivity contribution in [1.29, 1.82) is 21.6 Å². The van der Waals surface area contributed by atoms with Crippen molar-refractivity contribution in [3.05, 3.63) is 0 Å². The number of rotatable bonds is 0. The van der Waals surface area contributed by atoms with E-state index in [9.17, 15) is 0 Å². The number of nitrogens with one attached hydrogen (secondary N) is 10. The van der Waals surface area contributed by atoms with Crippen LogP contribution < -0.4 is 31.9 Å². The summed E-state index contributed by atoms with van der Waals surface area (Å²) in [5, 5.41) is 49.3. The first-order valence-corrected chi connectivity index (χ1v) is 13.4. The highest BCUT2D eigenvalue weighted by Crippen LogP contribution is 2.09. The summed E-state index contributed by atoms with van der Waals surface area (Å²) >= 11 is 0. The molecule has 0 saturated carbocycles. The minimum atomic E-state index is 0.195. The van der Waals surface area contributed by atoms with Crippen molar-refractivity contribution < 1.29 is 0 Å². The third-order valence-corrected chi connectivity index (χ3v) is 5.91. The lowest BCUT2D eigenvalue weighted by molar-refractivity contribution is 0.560. The first-order chi connectivity index (χ1) is 16.6. The molecule has 0 aromatic heterocycles. The molecule has 0 aliphatic carbocycles. The zero-order valence-corrected chi connectivity index (χ0v) is 21.1. The van der Waals surface area contributed by atoms with Gasteiger partial charge < -0.3 is 21.3 Å². The molecule has 0 atom stereocenters. The number of guanidine groups is 4. The maximum absolute atomic E-state index is 7.90. The average Bonchev–Trinajstić information content (AvgIpc) is 2.79. The normalized spacial score (nSPS) is 21.4. The second-order valence-electron chi connectivity index (χ2n) is 9.11. The van der Waals surface area contributed by atoms with Crippen LogP contribution in [0.3, 0.4) is 0 Å². The second-order valence-corrected chi connectivity index (χ2v) is 9.11. The smallest absolute Gasteiger partial charge is 0.195 e. The van der Waals surface area contributed by atoms with Gasteiger partial charge in [0.2, 0.25) is 0 Å². The lowest BCUT2D eigenvalue weighted by atomic mass is 10.1. The molecule has 0 amide bonds. The molecular formula is C24H50N10. The van der Waals surface area contributed by atoms with E-state index in [1.807, 2.05) is 0 Å². The Kier molecular flexibility index (Phi) is 18.3. The molecule has 0 aromatic rings. The summed E-state index contributed by atoms with van der Waals surface area (Å²) < 4.78 is 0. The molecule has 10 nitrogen and oxygen atoms in total. The van der Waals surface area contributed by atoms with Gasteiger partial charge in [-0.3, -0.25) is 32.3 Å². The van der Waals surface area contributed by atoms with Gasteiger partial charge in [0.1, 0.15) is 0 Å². The molecule has 0 aromatic carbocycles. The third-order valence-electron chi connectivity index (χ3n) is 5.91. The quantitative estimate of drug-likeness (QED) is 0.255. The van der Waals surface area contributed by atoms with Gasteiger partial charge in [-0.2, -0.15) is 0 Å². The minimum absolute atomic E-state index is 0.195.